The van der Waals surface area contributed by atoms with Crippen LogP contribution >= 0.6 is 31.9 Å². The zero-order valence-corrected chi connectivity index (χ0v) is 41.3. The maximum Gasteiger partial charge on any atom is 0.0957 e. The molecule has 0 radical (unpaired) electrons. The van der Waals surface area contributed by atoms with Crippen molar-refractivity contribution >= 4 is 58.4 Å². The van der Waals surface area contributed by atoms with Gasteiger partial charge in [-0.2, -0.15) is 0 Å². The lowest BCUT2D eigenvalue weighted by atomic mass is 10.0. The number of rotatable bonds is 20. The molecule has 0 bridgehead atoms. The van der Waals surface area contributed by atoms with Gasteiger partial charge in [-0.3, -0.25) is 0 Å². The molecule has 0 nitrogen and oxygen atoms in total. The fourth-order valence-electron chi connectivity index (χ4n) is 10.3. The number of hydrogen-bond donors (Lipinski definition) is 0. The van der Waals surface area contributed by atoms with Crippen molar-refractivity contribution in [2.45, 2.75) is 207 Å². The highest BCUT2D eigenvalue weighted by atomic mass is 79.9. The van der Waals surface area contributed by atoms with Crippen LogP contribution < -0.4 is 10.4 Å². The Morgan fingerprint density at radius 2 is 0.731 bits per heavy atom. The number of halogens is 2. The van der Waals surface area contributed by atoms with Crippen LogP contribution in [-0.4, -0.2) is 16.1 Å². The summed E-state index contributed by atoms with van der Waals surface area (Å²) in [5.41, 5.74) is 9.01. The Bertz CT molecular complexity index is 1390. The van der Waals surface area contributed by atoms with E-state index in [1.807, 2.05) is 0 Å². The molecular weight excluding hydrogens is 793 g/mol. The van der Waals surface area contributed by atoms with E-state index in [9.17, 15) is 0 Å². The van der Waals surface area contributed by atoms with E-state index >= 15 is 0 Å². The first-order valence-electron chi connectivity index (χ1n) is 21.1. The zero-order chi connectivity index (χ0) is 39.8. The van der Waals surface area contributed by atoms with E-state index in [0.29, 0.717) is 33.2 Å². The number of unbranched alkanes of at least 4 members (excludes halogenated alkanes) is 8. The quantitative estimate of drug-likeness (QED) is 0.0706. The first kappa shape index (κ1) is 49.0. The second kappa shape index (κ2) is 23.8. The van der Waals surface area contributed by atoms with Crippen LogP contribution in [-0.2, 0) is 12.8 Å². The number of benzene rings is 2. The third-order valence-corrected chi connectivity index (χ3v) is 29.1. The van der Waals surface area contributed by atoms with Crippen molar-refractivity contribution in [2.24, 2.45) is 0 Å². The van der Waals surface area contributed by atoms with Crippen molar-refractivity contribution in [3.8, 4) is 24.7 Å². The molecule has 0 aromatic heterocycles. The zero-order valence-electron chi connectivity index (χ0n) is 36.2. The summed E-state index contributed by atoms with van der Waals surface area (Å²) in [6.07, 6.45) is 27.2. The third-order valence-electron chi connectivity index (χ3n) is 12.5. The van der Waals surface area contributed by atoms with Crippen molar-refractivity contribution in [3.05, 3.63) is 55.5 Å². The van der Waals surface area contributed by atoms with Crippen LogP contribution in [0.3, 0.4) is 0 Å². The highest BCUT2D eigenvalue weighted by Gasteiger charge is 2.47. The van der Waals surface area contributed by atoms with E-state index < -0.39 is 16.1 Å². The normalized spacial score (nSPS) is 12.2. The molecule has 2 aromatic carbocycles. The molecule has 0 fully saturated rings. The van der Waals surface area contributed by atoms with Crippen LogP contribution in [0.4, 0.5) is 0 Å². The van der Waals surface area contributed by atoms with Gasteiger partial charge >= 0.3 is 0 Å². The van der Waals surface area contributed by atoms with Crippen LogP contribution in [0.5, 0.6) is 0 Å². The van der Waals surface area contributed by atoms with E-state index in [1.54, 1.807) is 0 Å². The first-order chi connectivity index (χ1) is 24.5. The Kier molecular flexibility index (Phi) is 22.4. The largest absolute Gasteiger partial charge is 0.115 e. The Morgan fingerprint density at radius 1 is 0.462 bits per heavy atom. The Labute approximate surface area is 343 Å². The third kappa shape index (κ3) is 11.5. The summed E-state index contributed by atoms with van der Waals surface area (Å²) in [6.45, 7) is 33.5. The second-order valence-electron chi connectivity index (χ2n) is 17.3. The average molecular weight is 871 g/mol. The minimum absolute atomic E-state index is 0.684. The minimum Gasteiger partial charge on any atom is -0.115 e. The molecule has 2 aromatic rings. The van der Waals surface area contributed by atoms with Crippen LogP contribution in [0.15, 0.2) is 33.2 Å². The topological polar surface area (TPSA) is 0 Å². The molecule has 0 saturated carbocycles. The van der Waals surface area contributed by atoms with E-state index in [4.69, 9.17) is 12.8 Å². The molecule has 0 aliphatic carbocycles. The molecule has 0 heterocycles. The van der Waals surface area contributed by atoms with Crippen molar-refractivity contribution in [2.75, 3.05) is 0 Å². The fourth-order valence-corrected chi connectivity index (χ4v) is 26.9. The molecule has 0 aliphatic heterocycles. The minimum atomic E-state index is -1.71. The summed E-state index contributed by atoms with van der Waals surface area (Å²) in [5.74, 6) is 6.04. The van der Waals surface area contributed by atoms with Gasteiger partial charge in [-0.05, 0) is 112 Å². The summed E-state index contributed by atoms with van der Waals surface area (Å²) >= 11 is 7.92. The van der Waals surface area contributed by atoms with Crippen LogP contribution in [0.2, 0.25) is 33.2 Å². The summed E-state index contributed by atoms with van der Waals surface area (Å²) in [4.78, 5) is 0. The molecule has 0 saturated heterocycles. The maximum atomic E-state index is 6.00. The Balaban J connectivity index is 0.000000522. The van der Waals surface area contributed by atoms with E-state index in [1.165, 1.54) is 94.7 Å². The number of hydrogen-bond acceptors (Lipinski definition) is 0. The maximum absolute atomic E-state index is 6.00. The summed E-state index contributed by atoms with van der Waals surface area (Å²) in [5, 5.41) is 3.06. The van der Waals surface area contributed by atoms with Gasteiger partial charge < -0.3 is 0 Å². The molecule has 0 spiro atoms. The van der Waals surface area contributed by atoms with Gasteiger partial charge in [0.15, 0.2) is 0 Å². The monoisotopic (exact) mass is 868 g/mol. The van der Waals surface area contributed by atoms with Gasteiger partial charge in [0, 0.05) is 20.1 Å². The fraction of sp³-hybridized carbons (Fsp3) is 0.667. The Morgan fingerprint density at radius 3 is 1.00 bits per heavy atom. The molecule has 0 aliphatic rings. The van der Waals surface area contributed by atoms with Crippen LogP contribution in [0.25, 0.3) is 0 Å². The lowest BCUT2D eigenvalue weighted by Crippen LogP contribution is -2.56. The Hall–Kier alpha value is -1.05. The summed E-state index contributed by atoms with van der Waals surface area (Å²) in [7, 11) is -3.42. The molecule has 52 heavy (non-hydrogen) atoms. The average Bonchev–Trinajstić information content (AvgIpc) is 3.06. The van der Waals surface area contributed by atoms with Crippen molar-refractivity contribution in [3.63, 3.8) is 0 Å². The molecule has 0 N–H and O–H groups in total. The van der Waals surface area contributed by atoms with Gasteiger partial charge in [-0.25, -0.2) is 0 Å². The number of terminal acetylenes is 2. The number of aryl methyl sites for hydroxylation is 2. The highest BCUT2D eigenvalue weighted by Crippen LogP contribution is 2.44. The van der Waals surface area contributed by atoms with Gasteiger partial charge in [0.05, 0.1) is 16.1 Å². The molecule has 2 rings (SSSR count). The van der Waals surface area contributed by atoms with Gasteiger partial charge in [-0.1, -0.05) is 184 Å². The van der Waals surface area contributed by atoms with Crippen LogP contribution in [0.1, 0.15) is 183 Å². The summed E-state index contributed by atoms with van der Waals surface area (Å²) in [6, 6.07) is 9.50. The standard InChI is InChI=1S/C25H41BrSi.C23H37BrSi/c1-9-11-12-13-14-15-16-22-17-18-24(25(26)23(22)10-2)27(19(3)4,20(5)6)21(7)8;1-9-11-12-13-14-20-15-16-22(23(24)21(20)10-2)25(17(3)4,18(5)6)19(7)8/h2,17-21H,9,11-16H2,1,3-8H3;2,15-19H,9,11-14H2,1,3-8H3. The van der Waals surface area contributed by atoms with Gasteiger partial charge in [-0.15, -0.1) is 12.8 Å². The summed E-state index contributed by atoms with van der Waals surface area (Å²) < 4.78 is 2.43. The lowest BCUT2D eigenvalue weighted by Gasteiger charge is -2.44. The van der Waals surface area contributed by atoms with Gasteiger partial charge in [0.25, 0.3) is 0 Å². The van der Waals surface area contributed by atoms with Gasteiger partial charge in [0.1, 0.15) is 0 Å². The van der Waals surface area contributed by atoms with Crippen molar-refractivity contribution in [1.29, 1.82) is 0 Å². The molecule has 0 amide bonds. The predicted molar refractivity (Wildman–Crippen MR) is 250 cm³/mol. The van der Waals surface area contributed by atoms with Crippen molar-refractivity contribution in [1.82, 2.24) is 0 Å². The smallest absolute Gasteiger partial charge is 0.0957 e. The van der Waals surface area contributed by atoms with E-state index in [-0.39, 0.29) is 0 Å². The molecule has 0 atom stereocenters. The SMILES string of the molecule is C#Cc1c(CCCCCC)ccc([Si](C(C)C)(C(C)C)C(C)C)c1Br.C#Cc1c(CCCCCCCC)ccc([Si](C(C)C)(C(C)C)C(C)C)c1Br. The first-order valence-corrected chi connectivity index (χ1v) is 27.1. The lowest BCUT2D eigenvalue weighted by molar-refractivity contribution is 0.607. The second-order valence-corrected chi connectivity index (χ2v) is 30.7. The molecule has 0 unspecified atom stereocenters. The van der Waals surface area contributed by atoms with Gasteiger partial charge in [0.2, 0.25) is 0 Å². The van der Waals surface area contributed by atoms with E-state index in [0.717, 1.165) is 24.0 Å². The molecule has 292 valence electrons. The highest BCUT2D eigenvalue weighted by molar-refractivity contribution is 9.11. The molecule has 4 heteroatoms. The van der Waals surface area contributed by atoms with E-state index in [2.05, 4.69) is 165 Å². The van der Waals surface area contributed by atoms with Crippen molar-refractivity contribution < 1.29 is 0 Å². The van der Waals surface area contributed by atoms with Crippen LogP contribution in [0, 0.1) is 24.7 Å². The molecular formula is C48H78Br2Si2. The predicted octanol–water partition coefficient (Wildman–Crippen LogP) is 15.7.